The van der Waals surface area contributed by atoms with Gasteiger partial charge in [0, 0.05) is 24.8 Å². The fraction of sp³-hybridized carbons (Fsp3) is 0.571. The van der Waals surface area contributed by atoms with Gasteiger partial charge in [-0.15, -0.1) is 0 Å². The van der Waals surface area contributed by atoms with Crippen LogP contribution in [0.2, 0.25) is 0 Å². The Balaban J connectivity index is 2.35. The summed E-state index contributed by atoms with van der Waals surface area (Å²) in [6.07, 6.45) is 4.69. The van der Waals surface area contributed by atoms with Gasteiger partial charge in [0.2, 0.25) is 0 Å². The zero-order valence-electron chi connectivity index (χ0n) is 11.0. The molecule has 0 bridgehead atoms. The van der Waals surface area contributed by atoms with E-state index >= 15 is 0 Å². The van der Waals surface area contributed by atoms with Gasteiger partial charge in [-0.1, -0.05) is 6.92 Å². The molecule has 0 aromatic carbocycles. The first-order valence-electron chi connectivity index (χ1n) is 6.22. The van der Waals surface area contributed by atoms with E-state index < -0.39 is 5.60 Å². The number of carbonyl (C=O) groups excluding carboxylic acids is 2. The Hall–Kier alpha value is -1.42. The van der Waals surface area contributed by atoms with E-state index in [9.17, 15) is 9.59 Å². The highest BCUT2D eigenvalue weighted by molar-refractivity contribution is 5.91. The van der Waals surface area contributed by atoms with E-state index in [1.54, 1.807) is 13.0 Å². The van der Waals surface area contributed by atoms with E-state index in [0.29, 0.717) is 18.8 Å². The van der Waals surface area contributed by atoms with Crippen LogP contribution in [0.3, 0.4) is 0 Å². The van der Waals surface area contributed by atoms with Crippen molar-refractivity contribution in [2.75, 3.05) is 6.61 Å². The lowest BCUT2D eigenvalue weighted by atomic mass is 9.75. The smallest absolute Gasteiger partial charge is 0.307 e. The van der Waals surface area contributed by atoms with Crippen LogP contribution in [0, 0.1) is 5.92 Å². The summed E-state index contributed by atoms with van der Waals surface area (Å²) in [5.41, 5.74) is 0.537. The Morgan fingerprint density at radius 3 is 2.89 bits per heavy atom. The Labute approximate surface area is 107 Å². The molecular weight excluding hydrogens is 232 g/mol. The highest BCUT2D eigenvalue weighted by Crippen LogP contribution is 2.45. The molecule has 2 aliphatic rings. The van der Waals surface area contributed by atoms with Crippen LogP contribution in [0.15, 0.2) is 23.5 Å². The second-order valence-electron chi connectivity index (χ2n) is 4.83. The van der Waals surface area contributed by atoms with Gasteiger partial charge in [-0.25, -0.2) is 0 Å². The SMILES string of the molecule is CC[C@@]12C=CC(=O)C[C@@H]1/C(=C(\C)OC(C)=O)CO2. The predicted molar refractivity (Wildman–Crippen MR) is 65.7 cm³/mol. The molecule has 2 atom stereocenters. The van der Waals surface area contributed by atoms with Crippen molar-refractivity contribution in [2.24, 2.45) is 5.92 Å². The fourth-order valence-corrected chi connectivity index (χ4v) is 2.77. The Bertz CT molecular complexity index is 447. The highest BCUT2D eigenvalue weighted by Gasteiger charge is 2.47. The van der Waals surface area contributed by atoms with Crippen molar-refractivity contribution in [3.63, 3.8) is 0 Å². The molecule has 2 rings (SSSR count). The Morgan fingerprint density at radius 2 is 2.28 bits per heavy atom. The van der Waals surface area contributed by atoms with Crippen molar-refractivity contribution in [1.29, 1.82) is 0 Å². The first-order chi connectivity index (χ1) is 8.48. The molecular formula is C14H18O4. The molecule has 0 radical (unpaired) electrons. The third-order valence-corrected chi connectivity index (χ3v) is 3.77. The third-order valence-electron chi connectivity index (χ3n) is 3.77. The first-order valence-corrected chi connectivity index (χ1v) is 6.22. The van der Waals surface area contributed by atoms with Gasteiger partial charge in [0.05, 0.1) is 12.2 Å². The zero-order valence-corrected chi connectivity index (χ0v) is 11.0. The fourth-order valence-electron chi connectivity index (χ4n) is 2.77. The average Bonchev–Trinajstić information content (AvgIpc) is 2.67. The molecule has 4 heteroatoms. The number of fused-ring (bicyclic) bond motifs is 1. The molecule has 0 aromatic rings. The molecule has 4 nitrogen and oxygen atoms in total. The van der Waals surface area contributed by atoms with Gasteiger partial charge in [0.1, 0.15) is 5.76 Å². The van der Waals surface area contributed by atoms with Crippen LogP contribution in [-0.2, 0) is 19.1 Å². The lowest BCUT2D eigenvalue weighted by molar-refractivity contribution is -0.136. The largest absolute Gasteiger partial charge is 0.432 e. The summed E-state index contributed by atoms with van der Waals surface area (Å²) in [6, 6.07) is 0. The minimum atomic E-state index is -0.398. The monoisotopic (exact) mass is 250 g/mol. The Kier molecular flexibility index (Phi) is 3.39. The molecule has 1 fully saturated rings. The van der Waals surface area contributed by atoms with Crippen LogP contribution in [0.5, 0.6) is 0 Å². The molecule has 0 spiro atoms. The van der Waals surface area contributed by atoms with E-state index in [-0.39, 0.29) is 17.7 Å². The third kappa shape index (κ3) is 2.12. The average molecular weight is 250 g/mol. The van der Waals surface area contributed by atoms with E-state index in [2.05, 4.69) is 0 Å². The van der Waals surface area contributed by atoms with Crippen molar-refractivity contribution in [3.8, 4) is 0 Å². The van der Waals surface area contributed by atoms with Crippen molar-refractivity contribution >= 4 is 11.8 Å². The number of hydrogen-bond acceptors (Lipinski definition) is 4. The number of esters is 1. The van der Waals surface area contributed by atoms with Crippen LogP contribution < -0.4 is 0 Å². The minimum absolute atomic E-state index is 0.000602. The summed E-state index contributed by atoms with van der Waals surface area (Å²) in [6.45, 7) is 5.60. The molecule has 1 heterocycles. The molecule has 0 aromatic heterocycles. The molecule has 18 heavy (non-hydrogen) atoms. The maximum Gasteiger partial charge on any atom is 0.307 e. The van der Waals surface area contributed by atoms with E-state index in [1.165, 1.54) is 6.92 Å². The quantitative estimate of drug-likeness (QED) is 0.556. The van der Waals surface area contributed by atoms with Crippen molar-refractivity contribution < 1.29 is 19.1 Å². The second-order valence-corrected chi connectivity index (χ2v) is 4.83. The number of allylic oxidation sites excluding steroid dienone is 2. The van der Waals surface area contributed by atoms with E-state index in [1.807, 2.05) is 13.0 Å². The van der Waals surface area contributed by atoms with E-state index in [0.717, 1.165) is 12.0 Å². The lowest BCUT2D eigenvalue weighted by Gasteiger charge is -2.32. The molecule has 1 saturated heterocycles. The van der Waals surface area contributed by atoms with Crippen LogP contribution in [0.25, 0.3) is 0 Å². The molecule has 0 unspecified atom stereocenters. The topological polar surface area (TPSA) is 52.6 Å². The zero-order chi connectivity index (χ0) is 13.3. The number of ketones is 1. The van der Waals surface area contributed by atoms with Gasteiger partial charge in [-0.3, -0.25) is 9.59 Å². The molecule has 0 amide bonds. The highest BCUT2D eigenvalue weighted by atomic mass is 16.5. The van der Waals surface area contributed by atoms with Gasteiger partial charge in [0.25, 0.3) is 0 Å². The molecule has 1 aliphatic heterocycles. The summed E-state index contributed by atoms with van der Waals surface area (Å²) in [5, 5.41) is 0. The van der Waals surface area contributed by atoms with Gasteiger partial charge in [-0.05, 0) is 25.5 Å². The molecule has 0 saturated carbocycles. The van der Waals surface area contributed by atoms with Gasteiger partial charge in [-0.2, -0.15) is 0 Å². The maximum absolute atomic E-state index is 11.6. The van der Waals surface area contributed by atoms with Crippen LogP contribution in [0.1, 0.15) is 33.6 Å². The summed E-state index contributed by atoms with van der Waals surface area (Å²) in [5.74, 6) is 0.333. The molecule has 1 aliphatic carbocycles. The van der Waals surface area contributed by atoms with Gasteiger partial charge in [0.15, 0.2) is 5.78 Å². The first kappa shape index (κ1) is 13.0. The number of rotatable bonds is 2. The summed E-state index contributed by atoms with van der Waals surface area (Å²) in [4.78, 5) is 22.6. The normalized spacial score (nSPS) is 33.3. The van der Waals surface area contributed by atoms with E-state index in [4.69, 9.17) is 9.47 Å². The van der Waals surface area contributed by atoms with Crippen molar-refractivity contribution in [2.45, 2.75) is 39.2 Å². The Morgan fingerprint density at radius 1 is 1.56 bits per heavy atom. The standard InChI is InChI=1S/C14H18O4/c1-4-14-6-5-11(16)7-13(14)12(8-17-14)9(2)18-10(3)15/h5-6,13H,4,7-8H2,1-3H3/b12-9+/t13-,14-/m1/s1. The predicted octanol–water partition coefficient (Wildman–Crippen LogP) is 2.15. The molecule has 0 N–H and O–H groups in total. The second kappa shape index (κ2) is 4.69. The van der Waals surface area contributed by atoms with Crippen molar-refractivity contribution in [3.05, 3.63) is 23.5 Å². The van der Waals surface area contributed by atoms with Crippen LogP contribution >= 0.6 is 0 Å². The lowest BCUT2D eigenvalue weighted by Crippen LogP contribution is -2.37. The maximum atomic E-state index is 11.6. The van der Waals surface area contributed by atoms with Crippen molar-refractivity contribution in [1.82, 2.24) is 0 Å². The van der Waals surface area contributed by atoms with Gasteiger partial charge < -0.3 is 9.47 Å². The number of hydrogen-bond donors (Lipinski definition) is 0. The summed E-state index contributed by atoms with van der Waals surface area (Å²) in [7, 11) is 0. The van der Waals surface area contributed by atoms with Gasteiger partial charge >= 0.3 is 5.97 Å². The summed E-state index contributed by atoms with van der Waals surface area (Å²) < 4.78 is 11.0. The van der Waals surface area contributed by atoms with Crippen LogP contribution in [0.4, 0.5) is 0 Å². The minimum Gasteiger partial charge on any atom is -0.432 e. The van der Waals surface area contributed by atoms with Crippen LogP contribution in [-0.4, -0.2) is 24.0 Å². The summed E-state index contributed by atoms with van der Waals surface area (Å²) >= 11 is 0. The molecule has 98 valence electrons. The number of carbonyl (C=O) groups is 2. The number of ether oxygens (including phenoxy) is 2.